The van der Waals surface area contributed by atoms with Crippen LogP contribution in [-0.2, 0) is 12.7 Å². The lowest BCUT2D eigenvalue weighted by atomic mass is 9.99. The second kappa shape index (κ2) is 9.86. The van der Waals surface area contributed by atoms with Crippen LogP contribution in [-0.4, -0.2) is 61.9 Å². The summed E-state index contributed by atoms with van der Waals surface area (Å²) >= 11 is 6.18. The molecule has 8 nitrogen and oxygen atoms in total. The van der Waals surface area contributed by atoms with Crippen LogP contribution >= 0.6 is 11.6 Å². The molecule has 0 saturated heterocycles. The van der Waals surface area contributed by atoms with Crippen LogP contribution in [0.4, 0.5) is 39.5 Å². The number of nitriles is 1. The van der Waals surface area contributed by atoms with E-state index in [1.807, 2.05) is 0 Å². The molecule has 1 amide bonds. The van der Waals surface area contributed by atoms with Crippen molar-refractivity contribution in [2.24, 2.45) is 7.05 Å². The fourth-order valence-corrected chi connectivity index (χ4v) is 4.27. The van der Waals surface area contributed by atoms with Gasteiger partial charge in [0.05, 0.1) is 22.9 Å². The summed E-state index contributed by atoms with van der Waals surface area (Å²) in [5, 5.41) is 16.1. The van der Waals surface area contributed by atoms with Gasteiger partial charge in [-0.1, -0.05) is 17.7 Å². The summed E-state index contributed by atoms with van der Waals surface area (Å²) in [6.07, 6.45) is -10.4. The zero-order valence-electron chi connectivity index (χ0n) is 20.7. The lowest BCUT2D eigenvalue weighted by molar-refractivity contribution is -0.350. The van der Waals surface area contributed by atoms with Gasteiger partial charge in [0.1, 0.15) is 5.54 Å². The largest absolute Gasteiger partial charge is 0.437 e. The van der Waals surface area contributed by atoms with Crippen molar-refractivity contribution in [3.63, 3.8) is 0 Å². The number of ether oxygens (including phenoxy) is 1. The predicted molar refractivity (Wildman–Crippen MR) is 122 cm³/mol. The summed E-state index contributed by atoms with van der Waals surface area (Å²) in [5.41, 5.74) is -9.40. The maximum atomic E-state index is 14.8. The average molecular weight is 615 g/mol. The van der Waals surface area contributed by atoms with Crippen LogP contribution in [0.5, 0.6) is 5.75 Å². The zero-order valence-corrected chi connectivity index (χ0v) is 21.4. The monoisotopic (exact) mass is 614 g/mol. The topological polar surface area (TPSA) is 89.0 Å². The van der Waals surface area contributed by atoms with Gasteiger partial charge in [0.15, 0.2) is 17.3 Å². The van der Waals surface area contributed by atoms with Gasteiger partial charge in [-0.3, -0.25) is 4.79 Å². The number of hydrogen-bond acceptors (Lipinski definition) is 5. The van der Waals surface area contributed by atoms with E-state index in [1.54, 1.807) is 0 Å². The van der Waals surface area contributed by atoms with Crippen LogP contribution in [0.25, 0.3) is 16.9 Å². The van der Waals surface area contributed by atoms with Crippen LogP contribution in [0.2, 0.25) is 5.02 Å². The highest BCUT2D eigenvalue weighted by molar-refractivity contribution is 6.34. The molecule has 18 heteroatoms. The van der Waals surface area contributed by atoms with E-state index < -0.39 is 53.3 Å². The number of benzene rings is 1. The number of carbonyl (C=O) groups is 1. The third-order valence-electron chi connectivity index (χ3n) is 6.50. The number of carbonyl (C=O) groups excluding carboxylic acids is 1. The highest BCUT2D eigenvalue weighted by Crippen LogP contribution is 2.56. The smallest absolute Gasteiger partial charge is 0.429 e. The van der Waals surface area contributed by atoms with Gasteiger partial charge in [0, 0.05) is 25.9 Å². The van der Waals surface area contributed by atoms with Crippen LogP contribution in [0.1, 0.15) is 28.9 Å². The summed E-state index contributed by atoms with van der Waals surface area (Å²) in [4.78, 5) is 14.2. The fourth-order valence-electron chi connectivity index (χ4n) is 4.07. The minimum Gasteiger partial charge on any atom is -0.429 e. The van der Waals surface area contributed by atoms with E-state index in [-0.39, 0.29) is 26.4 Å². The van der Waals surface area contributed by atoms with Crippen molar-refractivity contribution in [3.8, 4) is 28.8 Å². The summed E-state index contributed by atoms with van der Waals surface area (Å²) < 4.78 is 126. The van der Waals surface area contributed by atoms with Gasteiger partial charge < -0.3 is 9.64 Å². The molecule has 2 heterocycles. The molecule has 4 rings (SSSR count). The second-order valence-corrected chi connectivity index (χ2v) is 9.44. The minimum absolute atomic E-state index is 0.00853. The van der Waals surface area contributed by atoms with E-state index in [0.717, 1.165) is 19.4 Å². The first-order valence-corrected chi connectivity index (χ1v) is 11.6. The lowest BCUT2D eigenvalue weighted by Gasteiger charge is -2.28. The molecule has 1 aliphatic rings. The fraction of sp³-hybridized carbons (Fsp3) is 0.391. The number of aromatic nitrogens is 4. The molecule has 0 spiro atoms. The van der Waals surface area contributed by atoms with Crippen LogP contribution in [0, 0.1) is 11.3 Å². The van der Waals surface area contributed by atoms with E-state index in [1.165, 1.54) is 30.1 Å². The highest BCUT2D eigenvalue weighted by Gasteiger charge is 2.76. The highest BCUT2D eigenvalue weighted by atomic mass is 35.5. The van der Waals surface area contributed by atoms with E-state index in [4.69, 9.17) is 11.6 Å². The molecule has 2 aromatic heterocycles. The Morgan fingerprint density at radius 3 is 2.27 bits per heavy atom. The van der Waals surface area contributed by atoms with Crippen LogP contribution in [0.15, 0.2) is 30.6 Å². The molecule has 1 aliphatic carbocycles. The van der Waals surface area contributed by atoms with Crippen molar-refractivity contribution in [1.29, 1.82) is 5.26 Å². The van der Waals surface area contributed by atoms with Crippen molar-refractivity contribution in [3.05, 3.63) is 46.9 Å². The predicted octanol–water partition coefficient (Wildman–Crippen LogP) is 5.95. The molecular weight excluding hydrogens is 599 g/mol. The number of aryl methyl sites for hydroxylation is 1. The Balaban J connectivity index is 1.81. The zero-order chi connectivity index (χ0) is 30.7. The van der Waals surface area contributed by atoms with Crippen molar-refractivity contribution in [1.82, 2.24) is 24.5 Å². The van der Waals surface area contributed by atoms with Gasteiger partial charge in [-0.25, -0.2) is 13.8 Å². The summed E-state index contributed by atoms with van der Waals surface area (Å²) in [7, 11) is 2.18. The van der Waals surface area contributed by atoms with Crippen molar-refractivity contribution < 1.29 is 49.0 Å². The van der Waals surface area contributed by atoms with E-state index in [0.29, 0.717) is 17.5 Å². The quantitative estimate of drug-likeness (QED) is 0.307. The third kappa shape index (κ3) is 4.94. The number of halogens is 10. The normalized spacial score (nSPS) is 15.1. The number of hydrogen-bond donors (Lipinski definition) is 0. The van der Waals surface area contributed by atoms with Gasteiger partial charge >= 0.3 is 24.6 Å². The van der Waals surface area contributed by atoms with Gasteiger partial charge in [-0.2, -0.15) is 50.6 Å². The van der Waals surface area contributed by atoms with Crippen molar-refractivity contribution in [2.45, 2.75) is 43.0 Å². The summed E-state index contributed by atoms with van der Waals surface area (Å²) in [5.74, 6) is -3.45. The molecule has 1 fully saturated rings. The van der Waals surface area contributed by atoms with E-state index in [9.17, 15) is 49.6 Å². The number of alkyl halides is 9. The SMILES string of the molecule is CN(C(=O)c1cc(-c2cnn(-c3c(OC(F)F)c(C(F)(C(F)(F)F)C(F)(F)F)nn3C)c2)ccc1Cl)C1(C#N)CC1. The molecule has 1 saturated carbocycles. The standard InChI is InChI=1S/C23H16ClF9N6O2/c1-37(20(10-34)5-6-20)18(40)13-7-11(3-4-14(13)24)12-8-35-39(9-12)17-15(41-19(25)26)16(36-38(17)2)21(27,22(28,29)30)23(31,32)33/h3-4,7-9,19H,5-6H2,1-2H3. The van der Waals surface area contributed by atoms with E-state index >= 15 is 0 Å². The van der Waals surface area contributed by atoms with Gasteiger partial charge in [-0.15, -0.1) is 0 Å². The molecule has 41 heavy (non-hydrogen) atoms. The molecule has 220 valence electrons. The molecular formula is C23H16ClF9N6O2. The summed E-state index contributed by atoms with van der Waals surface area (Å²) in [6.45, 7) is -3.97. The van der Waals surface area contributed by atoms with Crippen LogP contribution in [0.3, 0.4) is 0 Å². The Hall–Kier alpha value is -3.94. The maximum Gasteiger partial charge on any atom is 0.437 e. The third-order valence-corrected chi connectivity index (χ3v) is 6.83. The lowest BCUT2D eigenvalue weighted by Crippen LogP contribution is -2.51. The van der Waals surface area contributed by atoms with Crippen molar-refractivity contribution in [2.75, 3.05) is 7.05 Å². The molecule has 0 N–H and O–H groups in total. The Kier molecular flexibility index (Phi) is 7.22. The number of amides is 1. The van der Waals surface area contributed by atoms with E-state index in [2.05, 4.69) is 21.0 Å². The summed E-state index contributed by atoms with van der Waals surface area (Å²) in [6, 6.07) is 6.06. The Labute approximate surface area is 229 Å². The van der Waals surface area contributed by atoms with Crippen LogP contribution < -0.4 is 4.74 Å². The molecule has 3 aromatic rings. The van der Waals surface area contributed by atoms with Gasteiger partial charge in [-0.05, 0) is 30.5 Å². The first-order chi connectivity index (χ1) is 18.9. The Bertz CT molecular complexity index is 1520. The minimum atomic E-state index is -6.66. The van der Waals surface area contributed by atoms with Gasteiger partial charge in [0.25, 0.3) is 5.91 Å². The molecule has 0 aliphatic heterocycles. The second-order valence-electron chi connectivity index (χ2n) is 9.03. The van der Waals surface area contributed by atoms with Gasteiger partial charge in [0.2, 0.25) is 0 Å². The maximum absolute atomic E-state index is 14.8. The molecule has 0 unspecified atom stereocenters. The molecule has 0 radical (unpaired) electrons. The molecule has 1 aromatic carbocycles. The number of rotatable bonds is 7. The first kappa shape index (κ1) is 30.0. The van der Waals surface area contributed by atoms with Crippen molar-refractivity contribution >= 4 is 17.5 Å². The first-order valence-electron chi connectivity index (χ1n) is 11.3. The average Bonchev–Trinajstić information content (AvgIpc) is 3.42. The number of nitrogens with zero attached hydrogens (tertiary/aromatic N) is 6. The molecule has 0 atom stereocenters. The molecule has 0 bridgehead atoms. The Morgan fingerprint density at radius 1 is 1.15 bits per heavy atom. The Morgan fingerprint density at radius 2 is 1.76 bits per heavy atom.